The Bertz CT molecular complexity index is 957. The molecule has 1 aliphatic heterocycles. The quantitative estimate of drug-likeness (QED) is 0.751. The van der Waals surface area contributed by atoms with E-state index in [-0.39, 0.29) is 24.6 Å². The fourth-order valence-electron chi connectivity index (χ4n) is 3.06. The first-order chi connectivity index (χ1) is 14.1. The summed E-state index contributed by atoms with van der Waals surface area (Å²) in [6, 6.07) is 11.4. The molecule has 158 valence electrons. The molecule has 1 N–H and O–H groups in total. The minimum Gasteiger partial charge on any atom is -0.455 e. The number of ether oxygens (including phenoxy) is 1. The Labute approximate surface area is 170 Å². The SMILES string of the molecule is Cc1ccc(N2C[C@@H](C(=O)OCC(=O)Nc3cccc(C(F)(F)F)c3)CC2=O)cc1. The van der Waals surface area contributed by atoms with Gasteiger partial charge >= 0.3 is 12.1 Å². The molecule has 0 aromatic heterocycles. The Hall–Kier alpha value is -3.36. The Morgan fingerprint density at radius 3 is 2.53 bits per heavy atom. The van der Waals surface area contributed by atoms with Crippen LogP contribution in [0, 0.1) is 12.8 Å². The van der Waals surface area contributed by atoms with Crippen molar-refractivity contribution >= 4 is 29.2 Å². The van der Waals surface area contributed by atoms with Crippen molar-refractivity contribution in [3.05, 3.63) is 59.7 Å². The number of esters is 1. The number of nitrogens with zero attached hydrogens (tertiary/aromatic N) is 1. The van der Waals surface area contributed by atoms with Crippen molar-refractivity contribution in [2.45, 2.75) is 19.5 Å². The first kappa shape index (κ1) is 21.4. The zero-order valence-electron chi connectivity index (χ0n) is 16.0. The molecule has 1 atom stereocenters. The van der Waals surface area contributed by atoms with Crippen LogP contribution >= 0.6 is 0 Å². The highest BCUT2D eigenvalue weighted by molar-refractivity contribution is 6.00. The second-order valence-electron chi connectivity index (χ2n) is 6.98. The molecule has 6 nitrogen and oxygen atoms in total. The number of nitrogens with one attached hydrogen (secondary N) is 1. The monoisotopic (exact) mass is 420 g/mol. The number of rotatable bonds is 5. The molecule has 0 saturated carbocycles. The number of hydrogen-bond donors (Lipinski definition) is 1. The summed E-state index contributed by atoms with van der Waals surface area (Å²) in [6.45, 7) is 1.39. The summed E-state index contributed by atoms with van der Waals surface area (Å²) in [5.74, 6) is -2.44. The number of halogens is 3. The van der Waals surface area contributed by atoms with Crippen LogP contribution in [0.1, 0.15) is 17.5 Å². The second kappa shape index (κ2) is 8.56. The molecule has 1 aliphatic rings. The van der Waals surface area contributed by atoms with Crippen LogP contribution in [0.2, 0.25) is 0 Å². The summed E-state index contributed by atoms with van der Waals surface area (Å²) in [6.07, 6.45) is -4.58. The molecule has 0 spiro atoms. The van der Waals surface area contributed by atoms with Crippen molar-refractivity contribution < 1.29 is 32.3 Å². The van der Waals surface area contributed by atoms with Crippen LogP contribution in [0.3, 0.4) is 0 Å². The summed E-state index contributed by atoms with van der Waals surface area (Å²) in [7, 11) is 0. The first-order valence-electron chi connectivity index (χ1n) is 9.14. The number of anilines is 2. The fourth-order valence-corrected chi connectivity index (χ4v) is 3.06. The molecule has 2 amide bonds. The molecular formula is C21H19F3N2O4. The lowest BCUT2D eigenvalue weighted by atomic mass is 10.1. The summed E-state index contributed by atoms with van der Waals surface area (Å²) >= 11 is 0. The molecule has 1 fully saturated rings. The van der Waals surface area contributed by atoms with Gasteiger partial charge in [-0.2, -0.15) is 13.2 Å². The molecule has 2 aromatic carbocycles. The Balaban J connectivity index is 1.52. The highest BCUT2D eigenvalue weighted by Gasteiger charge is 2.36. The van der Waals surface area contributed by atoms with Gasteiger partial charge in [0.05, 0.1) is 11.5 Å². The number of amides is 2. The number of carbonyl (C=O) groups excluding carboxylic acids is 3. The van der Waals surface area contributed by atoms with Gasteiger partial charge in [-0.15, -0.1) is 0 Å². The van der Waals surface area contributed by atoms with E-state index < -0.39 is 36.1 Å². The Kier molecular flexibility index (Phi) is 6.09. The molecule has 0 unspecified atom stereocenters. The van der Waals surface area contributed by atoms with E-state index in [1.165, 1.54) is 11.0 Å². The summed E-state index contributed by atoms with van der Waals surface area (Å²) < 4.78 is 43.1. The molecule has 9 heteroatoms. The Morgan fingerprint density at radius 1 is 1.17 bits per heavy atom. The van der Waals surface area contributed by atoms with Crippen molar-refractivity contribution in [2.75, 3.05) is 23.4 Å². The van der Waals surface area contributed by atoms with Crippen molar-refractivity contribution in [3.63, 3.8) is 0 Å². The standard InChI is InChI=1S/C21H19F3N2O4/c1-13-5-7-17(8-6-13)26-11-14(9-19(26)28)20(29)30-12-18(27)25-16-4-2-3-15(10-16)21(22,23)24/h2-8,10,14H,9,11-12H2,1H3,(H,25,27)/t14-/m0/s1. The predicted molar refractivity (Wildman–Crippen MR) is 103 cm³/mol. The van der Waals surface area contributed by atoms with Gasteiger partial charge in [-0.05, 0) is 37.3 Å². The van der Waals surface area contributed by atoms with E-state index >= 15 is 0 Å². The molecule has 3 rings (SSSR count). The van der Waals surface area contributed by atoms with Gasteiger partial charge in [-0.1, -0.05) is 23.8 Å². The third-order valence-corrected chi connectivity index (χ3v) is 4.62. The fraction of sp³-hybridized carbons (Fsp3) is 0.286. The minimum atomic E-state index is -4.54. The number of hydrogen-bond acceptors (Lipinski definition) is 4. The molecular weight excluding hydrogens is 401 g/mol. The lowest BCUT2D eigenvalue weighted by Crippen LogP contribution is -2.28. The lowest BCUT2D eigenvalue weighted by Gasteiger charge is -2.16. The van der Waals surface area contributed by atoms with Gasteiger partial charge in [0.1, 0.15) is 0 Å². The highest BCUT2D eigenvalue weighted by atomic mass is 19.4. The maximum atomic E-state index is 12.7. The van der Waals surface area contributed by atoms with Crippen LogP contribution in [-0.4, -0.2) is 30.9 Å². The van der Waals surface area contributed by atoms with E-state index in [0.29, 0.717) is 5.69 Å². The number of aryl methyl sites for hydroxylation is 1. The van der Waals surface area contributed by atoms with Gasteiger partial charge in [0.15, 0.2) is 6.61 Å². The number of benzene rings is 2. The topological polar surface area (TPSA) is 75.7 Å². The van der Waals surface area contributed by atoms with E-state index in [1.807, 2.05) is 19.1 Å². The van der Waals surface area contributed by atoms with Gasteiger partial charge in [0, 0.05) is 24.3 Å². The van der Waals surface area contributed by atoms with Gasteiger partial charge < -0.3 is 15.0 Å². The molecule has 0 radical (unpaired) electrons. The maximum Gasteiger partial charge on any atom is 0.416 e. The molecule has 2 aromatic rings. The zero-order valence-corrected chi connectivity index (χ0v) is 16.0. The average Bonchev–Trinajstić information content (AvgIpc) is 3.08. The largest absolute Gasteiger partial charge is 0.455 e. The molecule has 30 heavy (non-hydrogen) atoms. The van der Waals surface area contributed by atoms with Crippen LogP contribution < -0.4 is 10.2 Å². The summed E-state index contributed by atoms with van der Waals surface area (Å²) in [5, 5.41) is 2.26. The van der Waals surface area contributed by atoms with E-state index in [4.69, 9.17) is 4.74 Å². The third-order valence-electron chi connectivity index (χ3n) is 4.62. The number of alkyl halides is 3. The normalized spacial score (nSPS) is 16.5. The van der Waals surface area contributed by atoms with Crippen LogP contribution in [0.15, 0.2) is 48.5 Å². The van der Waals surface area contributed by atoms with Gasteiger partial charge in [0.25, 0.3) is 5.91 Å². The van der Waals surface area contributed by atoms with Crippen molar-refractivity contribution in [1.82, 2.24) is 0 Å². The van der Waals surface area contributed by atoms with Crippen molar-refractivity contribution in [2.24, 2.45) is 5.92 Å². The van der Waals surface area contributed by atoms with Crippen LogP contribution in [0.5, 0.6) is 0 Å². The lowest BCUT2D eigenvalue weighted by molar-refractivity contribution is -0.151. The van der Waals surface area contributed by atoms with Gasteiger partial charge in [-0.25, -0.2) is 0 Å². The first-order valence-corrected chi connectivity index (χ1v) is 9.14. The maximum absolute atomic E-state index is 12.7. The Morgan fingerprint density at radius 2 is 1.87 bits per heavy atom. The average molecular weight is 420 g/mol. The molecule has 1 saturated heterocycles. The minimum absolute atomic E-state index is 0.0397. The summed E-state index contributed by atoms with van der Waals surface area (Å²) in [5.41, 5.74) is 0.738. The van der Waals surface area contributed by atoms with Crippen LogP contribution in [0.25, 0.3) is 0 Å². The zero-order chi connectivity index (χ0) is 21.9. The van der Waals surface area contributed by atoms with E-state index in [9.17, 15) is 27.6 Å². The van der Waals surface area contributed by atoms with Gasteiger partial charge in [-0.3, -0.25) is 14.4 Å². The van der Waals surface area contributed by atoms with Crippen molar-refractivity contribution in [3.8, 4) is 0 Å². The molecule has 0 aliphatic carbocycles. The van der Waals surface area contributed by atoms with Crippen molar-refractivity contribution in [1.29, 1.82) is 0 Å². The van der Waals surface area contributed by atoms with Crippen LogP contribution in [0.4, 0.5) is 24.5 Å². The van der Waals surface area contributed by atoms with E-state index in [2.05, 4.69) is 5.32 Å². The van der Waals surface area contributed by atoms with E-state index in [1.54, 1.807) is 12.1 Å². The van der Waals surface area contributed by atoms with Crippen LogP contribution in [-0.2, 0) is 25.3 Å². The third kappa shape index (κ3) is 5.16. The number of carbonyl (C=O) groups is 3. The van der Waals surface area contributed by atoms with E-state index in [0.717, 1.165) is 23.8 Å². The second-order valence-corrected chi connectivity index (χ2v) is 6.98. The van der Waals surface area contributed by atoms with Gasteiger partial charge in [0.2, 0.25) is 5.91 Å². The molecule has 0 bridgehead atoms. The molecule has 1 heterocycles. The summed E-state index contributed by atoms with van der Waals surface area (Å²) in [4.78, 5) is 37.9. The predicted octanol–water partition coefficient (Wildman–Crippen LogP) is 3.55. The highest BCUT2D eigenvalue weighted by Crippen LogP contribution is 2.30. The smallest absolute Gasteiger partial charge is 0.416 e.